The molecular weight excluding hydrogens is 569 g/mol. The van der Waals surface area contributed by atoms with Gasteiger partial charge in [-0.1, -0.05) is 37.6 Å². The first-order chi connectivity index (χ1) is 18.8. The summed E-state index contributed by atoms with van der Waals surface area (Å²) in [5.41, 5.74) is -0.684. The number of carbonyl (C=O) groups excluding carboxylic acids is 2. The van der Waals surface area contributed by atoms with Crippen LogP contribution in [0.1, 0.15) is 106 Å². The Morgan fingerprint density at radius 3 is 2.00 bits per heavy atom. The van der Waals surface area contributed by atoms with Gasteiger partial charge >= 0.3 is 0 Å². The van der Waals surface area contributed by atoms with E-state index in [1.54, 1.807) is 13.8 Å². The maximum atomic E-state index is 14.3. The van der Waals surface area contributed by atoms with Crippen molar-refractivity contribution >= 4 is 35.8 Å². The molecule has 6 nitrogen and oxygen atoms in total. The van der Waals surface area contributed by atoms with Crippen LogP contribution in [0.25, 0.3) is 0 Å². The molecule has 0 aromatic heterocycles. The molecule has 238 valence electrons. The number of hydrogen-bond donors (Lipinski definition) is 1. The number of nitrogens with zero attached hydrogens (tertiary/aromatic N) is 3. The van der Waals surface area contributed by atoms with Crippen LogP contribution in [-0.2, 0) is 9.59 Å². The average Bonchev–Trinajstić information content (AvgIpc) is 3.53. The molecule has 1 N–H and O–H groups in total. The molecule has 1 aromatic carbocycles. The molecule has 3 aliphatic rings. The van der Waals surface area contributed by atoms with Crippen molar-refractivity contribution in [1.29, 1.82) is 0 Å². The number of hydrogen-bond acceptors (Lipinski definition) is 4. The lowest BCUT2D eigenvalue weighted by molar-refractivity contribution is -0.160. The summed E-state index contributed by atoms with van der Waals surface area (Å²) in [5, 5.41) is 11.7. The molecule has 2 amide bonds. The van der Waals surface area contributed by atoms with E-state index in [2.05, 4.69) is 56.6 Å². The van der Waals surface area contributed by atoms with Gasteiger partial charge in [0.1, 0.15) is 0 Å². The van der Waals surface area contributed by atoms with Gasteiger partial charge in [-0.3, -0.25) is 14.5 Å². The predicted molar refractivity (Wildman–Crippen MR) is 174 cm³/mol. The smallest absolute Gasteiger partial charge is 0.231 e. The van der Waals surface area contributed by atoms with Crippen LogP contribution < -0.4 is 0 Å². The number of aliphatic hydroxyl groups is 1. The summed E-state index contributed by atoms with van der Waals surface area (Å²) in [6, 6.07) is 8.08. The number of carbonyl (C=O) groups is 2. The van der Waals surface area contributed by atoms with Gasteiger partial charge in [-0.25, -0.2) is 0 Å². The quantitative estimate of drug-likeness (QED) is 0.380. The zero-order valence-electron chi connectivity index (χ0n) is 27.4. The minimum atomic E-state index is -1.16. The van der Waals surface area contributed by atoms with Gasteiger partial charge < -0.3 is 14.9 Å². The standard InChI is InChI=1S/C34H54ClN3O3.ClH/c1-31(2,3)37-21-27(23-10-12-24(35)13-11-23)28(22-37)29(39)36-19-16-26(20-36)38(25-14-17-32(4,5)18-15-25)30(40)33(6,7)34(8,9)41;/h10-13,25-28,41H,14-22H2,1-9H3;1H/t26-,27-,28?;/m0./s1. The van der Waals surface area contributed by atoms with E-state index < -0.39 is 11.0 Å². The van der Waals surface area contributed by atoms with E-state index in [4.69, 9.17) is 11.6 Å². The van der Waals surface area contributed by atoms with Crippen LogP contribution in [-0.4, -0.2) is 81.0 Å². The molecule has 0 bridgehead atoms. The molecule has 2 heterocycles. The second kappa shape index (κ2) is 12.6. The Balaban J connectivity index is 0.00000484. The highest BCUT2D eigenvalue weighted by Gasteiger charge is 2.50. The van der Waals surface area contributed by atoms with Crippen molar-refractivity contribution < 1.29 is 14.7 Å². The average molecular weight is 625 g/mol. The third kappa shape index (κ3) is 7.30. The monoisotopic (exact) mass is 623 g/mol. The van der Waals surface area contributed by atoms with E-state index >= 15 is 0 Å². The minimum absolute atomic E-state index is 0. The van der Waals surface area contributed by atoms with Crippen molar-refractivity contribution in [3.63, 3.8) is 0 Å². The Bertz CT molecular complexity index is 1100. The fourth-order valence-electron chi connectivity index (χ4n) is 6.93. The Hall–Kier alpha value is -1.34. The van der Waals surface area contributed by atoms with E-state index in [1.165, 1.54) is 0 Å². The van der Waals surface area contributed by atoms with Crippen molar-refractivity contribution in [2.75, 3.05) is 26.2 Å². The molecule has 4 rings (SSSR count). The highest BCUT2D eigenvalue weighted by Crippen LogP contribution is 2.42. The highest BCUT2D eigenvalue weighted by molar-refractivity contribution is 6.30. The van der Waals surface area contributed by atoms with Crippen molar-refractivity contribution in [3.05, 3.63) is 34.9 Å². The van der Waals surface area contributed by atoms with Crippen molar-refractivity contribution in [2.24, 2.45) is 16.7 Å². The number of likely N-dealkylation sites (tertiary alicyclic amines) is 2. The van der Waals surface area contributed by atoms with Crippen LogP contribution in [0.5, 0.6) is 0 Å². The first kappa shape index (κ1) is 35.1. The van der Waals surface area contributed by atoms with E-state index in [0.29, 0.717) is 18.1 Å². The molecule has 1 aliphatic carbocycles. The van der Waals surface area contributed by atoms with Gasteiger partial charge in [-0.15, -0.1) is 12.4 Å². The second-order valence-corrected chi connectivity index (χ2v) is 16.3. The highest BCUT2D eigenvalue weighted by atomic mass is 35.5. The molecule has 1 aromatic rings. The molecular formula is C34H55Cl2N3O3. The molecule has 3 fully saturated rings. The van der Waals surface area contributed by atoms with E-state index in [1.807, 2.05) is 30.9 Å². The van der Waals surface area contributed by atoms with Crippen LogP contribution in [0.2, 0.25) is 5.02 Å². The molecule has 0 spiro atoms. The molecule has 2 saturated heterocycles. The van der Waals surface area contributed by atoms with Gasteiger partial charge in [-0.05, 0) is 104 Å². The lowest BCUT2D eigenvalue weighted by Crippen LogP contribution is -2.59. The summed E-state index contributed by atoms with van der Waals surface area (Å²) in [4.78, 5) is 35.1. The SMILES string of the molecule is CC1(C)CCC(N(C(=O)C(C)(C)C(C)(C)O)[C@H]2CCN(C(=O)C3CN(C(C)(C)C)C[C@H]3c3ccc(Cl)cc3)C2)CC1.Cl. The fourth-order valence-corrected chi connectivity index (χ4v) is 7.06. The van der Waals surface area contributed by atoms with Crippen LogP contribution in [0, 0.1) is 16.7 Å². The summed E-state index contributed by atoms with van der Waals surface area (Å²) in [5.74, 6) is 0.165. The molecule has 2 aliphatic heterocycles. The van der Waals surface area contributed by atoms with Crippen molar-refractivity contribution in [3.8, 4) is 0 Å². The summed E-state index contributed by atoms with van der Waals surface area (Å²) < 4.78 is 0. The lowest BCUT2D eigenvalue weighted by Gasteiger charge is -2.47. The van der Waals surface area contributed by atoms with Gasteiger partial charge in [-0.2, -0.15) is 0 Å². The summed E-state index contributed by atoms with van der Waals surface area (Å²) >= 11 is 6.20. The van der Waals surface area contributed by atoms with E-state index in [-0.39, 0.29) is 59.1 Å². The van der Waals surface area contributed by atoms with Crippen LogP contribution in [0.4, 0.5) is 0 Å². The third-order valence-electron chi connectivity index (χ3n) is 10.8. The van der Waals surface area contributed by atoms with Crippen molar-refractivity contribution in [1.82, 2.24) is 14.7 Å². The molecule has 8 heteroatoms. The summed E-state index contributed by atoms with van der Waals surface area (Å²) in [7, 11) is 0. The van der Waals surface area contributed by atoms with Gasteiger partial charge in [0, 0.05) is 48.7 Å². The van der Waals surface area contributed by atoms with Crippen LogP contribution >= 0.6 is 24.0 Å². The maximum absolute atomic E-state index is 14.3. The molecule has 1 unspecified atom stereocenters. The predicted octanol–water partition coefficient (Wildman–Crippen LogP) is 6.77. The van der Waals surface area contributed by atoms with Gasteiger partial charge in [0.15, 0.2) is 0 Å². The fraction of sp³-hybridized carbons (Fsp3) is 0.765. The molecule has 42 heavy (non-hydrogen) atoms. The van der Waals surface area contributed by atoms with Crippen LogP contribution in [0.3, 0.4) is 0 Å². The zero-order valence-corrected chi connectivity index (χ0v) is 28.9. The number of halogens is 2. The number of rotatable bonds is 6. The van der Waals surface area contributed by atoms with E-state index in [9.17, 15) is 14.7 Å². The largest absolute Gasteiger partial charge is 0.389 e. The van der Waals surface area contributed by atoms with Crippen LogP contribution in [0.15, 0.2) is 24.3 Å². The first-order valence-corrected chi connectivity index (χ1v) is 16.0. The number of benzene rings is 1. The minimum Gasteiger partial charge on any atom is -0.389 e. The Morgan fingerprint density at radius 2 is 1.48 bits per heavy atom. The maximum Gasteiger partial charge on any atom is 0.231 e. The van der Waals surface area contributed by atoms with Crippen molar-refractivity contribution in [2.45, 2.75) is 124 Å². The third-order valence-corrected chi connectivity index (χ3v) is 11.0. The molecule has 0 radical (unpaired) electrons. The summed E-state index contributed by atoms with van der Waals surface area (Å²) in [6.45, 7) is 21.2. The molecule has 1 saturated carbocycles. The second-order valence-electron chi connectivity index (χ2n) is 15.9. The molecule has 3 atom stereocenters. The number of amides is 2. The zero-order chi connectivity index (χ0) is 30.5. The van der Waals surface area contributed by atoms with Gasteiger partial charge in [0.05, 0.1) is 23.0 Å². The van der Waals surface area contributed by atoms with Gasteiger partial charge in [0.25, 0.3) is 0 Å². The summed E-state index contributed by atoms with van der Waals surface area (Å²) in [6.07, 6.45) is 4.86. The lowest BCUT2D eigenvalue weighted by atomic mass is 9.72. The Morgan fingerprint density at radius 1 is 0.905 bits per heavy atom. The first-order valence-electron chi connectivity index (χ1n) is 15.7. The Kier molecular flexibility index (Phi) is 10.5. The normalized spacial score (nSPS) is 25.8. The topological polar surface area (TPSA) is 64.1 Å². The Labute approximate surface area is 265 Å². The van der Waals surface area contributed by atoms with E-state index in [0.717, 1.165) is 50.8 Å². The van der Waals surface area contributed by atoms with Gasteiger partial charge in [0.2, 0.25) is 11.8 Å².